The lowest BCUT2D eigenvalue weighted by atomic mass is 9.94. The van der Waals surface area contributed by atoms with Crippen molar-refractivity contribution in [2.24, 2.45) is 4.99 Å². The zero-order chi connectivity index (χ0) is 25.5. The zero-order valence-electron chi connectivity index (χ0n) is 18.5. The molecule has 1 saturated heterocycles. The summed E-state index contributed by atoms with van der Waals surface area (Å²) in [6.45, 7) is -1.02. The maximum absolute atomic E-state index is 13.7. The summed E-state index contributed by atoms with van der Waals surface area (Å²) < 4.78 is 70.8. The van der Waals surface area contributed by atoms with E-state index < -0.39 is 46.9 Å². The van der Waals surface area contributed by atoms with Gasteiger partial charge in [-0.05, 0) is 12.1 Å². The number of halogens is 4. The number of methoxy groups -OCH3 is 1. The number of aromatic nitrogens is 1. The number of fused-ring (bicyclic) bond motifs is 1. The van der Waals surface area contributed by atoms with E-state index in [9.17, 15) is 26.4 Å². The minimum Gasteiger partial charge on any atom is -0.466 e. The van der Waals surface area contributed by atoms with Gasteiger partial charge in [0.2, 0.25) is 10.0 Å². The highest BCUT2D eigenvalue weighted by Crippen LogP contribution is 2.43. The largest absolute Gasteiger partial charge is 0.466 e. The van der Waals surface area contributed by atoms with E-state index in [0.29, 0.717) is 22.1 Å². The van der Waals surface area contributed by atoms with Crippen LogP contribution in [0.2, 0.25) is 5.02 Å². The van der Waals surface area contributed by atoms with Crippen molar-refractivity contribution in [3.8, 4) is 0 Å². The molecular weight excluding hydrogens is 529 g/mol. The maximum atomic E-state index is 13.7. The summed E-state index contributed by atoms with van der Waals surface area (Å²) in [5.74, 6) is -1.01. The molecule has 188 valence electrons. The van der Waals surface area contributed by atoms with E-state index in [0.717, 1.165) is 16.6 Å². The monoisotopic (exact) mass is 548 g/mol. The molecule has 0 N–H and O–H groups in total. The van der Waals surface area contributed by atoms with Crippen molar-refractivity contribution in [1.29, 1.82) is 0 Å². The molecule has 2 aliphatic rings. The van der Waals surface area contributed by atoms with Crippen molar-refractivity contribution in [3.63, 3.8) is 0 Å². The first-order valence-corrected chi connectivity index (χ1v) is 13.4. The summed E-state index contributed by atoms with van der Waals surface area (Å²) in [6, 6.07) is 1.75. The third-order valence-corrected chi connectivity index (χ3v) is 8.07. The molecule has 4 rings (SSSR count). The number of esters is 1. The predicted octanol–water partition coefficient (Wildman–Crippen LogP) is 3.47. The highest BCUT2D eigenvalue weighted by atomic mass is 35.5. The highest BCUT2D eigenvalue weighted by molar-refractivity contribution is 7.88. The number of alkyl halides is 2. The van der Waals surface area contributed by atoms with Crippen LogP contribution in [0.3, 0.4) is 0 Å². The summed E-state index contributed by atoms with van der Waals surface area (Å²) in [5.41, 5.74) is 0.746. The molecule has 0 saturated carbocycles. The molecular formula is C21H20ClF3N4O4S2. The highest BCUT2D eigenvalue weighted by Gasteiger charge is 2.45. The van der Waals surface area contributed by atoms with E-state index in [2.05, 4.69) is 4.98 Å². The number of amidine groups is 1. The van der Waals surface area contributed by atoms with Crippen LogP contribution in [0.15, 0.2) is 46.0 Å². The van der Waals surface area contributed by atoms with Crippen LogP contribution >= 0.6 is 22.9 Å². The minimum absolute atomic E-state index is 0.0256. The number of sulfonamides is 1. The van der Waals surface area contributed by atoms with Gasteiger partial charge in [-0.15, -0.1) is 11.3 Å². The van der Waals surface area contributed by atoms with Crippen molar-refractivity contribution in [3.05, 3.63) is 62.5 Å². The first-order chi connectivity index (χ1) is 16.5. The van der Waals surface area contributed by atoms with Gasteiger partial charge in [0, 0.05) is 46.9 Å². The summed E-state index contributed by atoms with van der Waals surface area (Å²) in [7, 11) is -2.83. The molecule has 14 heteroatoms. The average Bonchev–Trinajstić information content (AvgIpc) is 3.45. The van der Waals surface area contributed by atoms with Crippen molar-refractivity contribution in [1.82, 2.24) is 14.2 Å². The third-order valence-electron chi connectivity index (χ3n) is 5.68. The Morgan fingerprint density at radius 2 is 2.14 bits per heavy atom. The zero-order valence-corrected chi connectivity index (χ0v) is 20.9. The Morgan fingerprint density at radius 1 is 1.40 bits per heavy atom. The molecule has 1 aromatic heterocycles. The molecule has 2 aromatic rings. The fourth-order valence-corrected chi connectivity index (χ4v) is 6.26. The SMILES string of the molecule is COC(=O)C1=C2C[C@H](N(CC(F)F)S(C)(=O)=O)CN2C(c2nccs2)=N[C@H]1c1ccc(F)cc1Cl. The van der Waals surface area contributed by atoms with Crippen molar-refractivity contribution in [2.75, 3.05) is 26.5 Å². The topological polar surface area (TPSA) is 92.2 Å². The molecule has 0 spiro atoms. The number of benzene rings is 1. The number of ether oxygens (including phenoxy) is 1. The van der Waals surface area contributed by atoms with Crippen LogP contribution in [-0.2, 0) is 19.6 Å². The van der Waals surface area contributed by atoms with Crippen LogP contribution in [0, 0.1) is 5.82 Å². The number of aliphatic imine (C=N–C) groups is 1. The van der Waals surface area contributed by atoms with E-state index in [1.807, 2.05) is 0 Å². The molecule has 0 unspecified atom stereocenters. The van der Waals surface area contributed by atoms with Crippen LogP contribution < -0.4 is 0 Å². The van der Waals surface area contributed by atoms with Gasteiger partial charge in [0.05, 0.1) is 25.5 Å². The Hall–Kier alpha value is -2.48. The smallest absolute Gasteiger partial charge is 0.338 e. The van der Waals surface area contributed by atoms with Gasteiger partial charge in [0.25, 0.3) is 6.43 Å². The van der Waals surface area contributed by atoms with Crippen LogP contribution in [0.25, 0.3) is 0 Å². The second-order valence-electron chi connectivity index (χ2n) is 7.90. The molecule has 2 atom stereocenters. The van der Waals surface area contributed by atoms with Crippen LogP contribution in [0.1, 0.15) is 23.0 Å². The number of hydrogen-bond acceptors (Lipinski definition) is 8. The summed E-state index contributed by atoms with van der Waals surface area (Å²) in [4.78, 5) is 23.6. The van der Waals surface area contributed by atoms with E-state index in [4.69, 9.17) is 21.3 Å². The number of carbonyl (C=O) groups excluding carboxylic acids is 1. The lowest BCUT2D eigenvalue weighted by Crippen LogP contribution is -2.44. The Labute approximate surface area is 208 Å². The molecule has 0 aliphatic carbocycles. The van der Waals surface area contributed by atoms with Gasteiger partial charge >= 0.3 is 5.97 Å². The lowest BCUT2D eigenvalue weighted by molar-refractivity contribution is -0.136. The van der Waals surface area contributed by atoms with E-state index in [1.165, 1.54) is 30.6 Å². The first-order valence-electron chi connectivity index (χ1n) is 10.3. The second kappa shape index (κ2) is 9.88. The standard InChI is InChI=1S/C21H20ClF3N4O4S2/c1-33-21(30)17-15-8-12(29(10-16(24)25)35(2,31)32)9-28(15)19(20-26-5-6-34-20)27-18(17)13-4-3-11(23)7-14(13)22/h3-7,12,16,18H,8-10H2,1-2H3/t12-,18-/m0/s1. The minimum atomic E-state index is -4.01. The van der Waals surface area contributed by atoms with Crippen molar-refractivity contribution < 1.29 is 31.1 Å². The van der Waals surface area contributed by atoms with Gasteiger partial charge < -0.3 is 9.64 Å². The number of rotatable bonds is 7. The molecule has 35 heavy (non-hydrogen) atoms. The Balaban J connectivity index is 1.90. The van der Waals surface area contributed by atoms with Crippen LogP contribution in [-0.4, -0.2) is 73.3 Å². The van der Waals surface area contributed by atoms with Gasteiger partial charge in [0.1, 0.15) is 11.9 Å². The van der Waals surface area contributed by atoms with Crippen molar-refractivity contribution in [2.45, 2.75) is 24.9 Å². The van der Waals surface area contributed by atoms with Crippen LogP contribution in [0.4, 0.5) is 13.2 Å². The van der Waals surface area contributed by atoms with E-state index >= 15 is 0 Å². The van der Waals surface area contributed by atoms with Gasteiger partial charge in [-0.2, -0.15) is 4.31 Å². The quantitative estimate of drug-likeness (QED) is 0.492. The van der Waals surface area contributed by atoms with Gasteiger partial charge in [-0.25, -0.2) is 31.4 Å². The van der Waals surface area contributed by atoms with Crippen LogP contribution in [0.5, 0.6) is 0 Å². The maximum Gasteiger partial charge on any atom is 0.338 e. The molecule has 1 aromatic carbocycles. The molecule has 0 radical (unpaired) electrons. The molecule has 8 nitrogen and oxygen atoms in total. The van der Waals surface area contributed by atoms with Gasteiger partial charge in [-0.1, -0.05) is 17.7 Å². The van der Waals surface area contributed by atoms with E-state index in [-0.39, 0.29) is 23.6 Å². The molecule has 1 fully saturated rings. The number of hydrogen-bond donors (Lipinski definition) is 0. The molecule has 3 heterocycles. The van der Waals surface area contributed by atoms with Gasteiger partial charge in [0.15, 0.2) is 10.8 Å². The Morgan fingerprint density at radius 3 is 2.71 bits per heavy atom. The number of nitrogens with zero attached hydrogens (tertiary/aromatic N) is 4. The summed E-state index contributed by atoms with van der Waals surface area (Å²) in [5, 5.41) is 2.21. The lowest BCUT2D eigenvalue weighted by Gasteiger charge is -2.31. The third kappa shape index (κ3) is 5.08. The fraction of sp³-hybridized carbons (Fsp3) is 0.381. The molecule has 2 aliphatic heterocycles. The average molecular weight is 549 g/mol. The predicted molar refractivity (Wildman–Crippen MR) is 125 cm³/mol. The Bertz CT molecular complexity index is 1300. The van der Waals surface area contributed by atoms with E-state index in [1.54, 1.807) is 16.5 Å². The summed E-state index contributed by atoms with van der Waals surface area (Å²) >= 11 is 7.56. The summed E-state index contributed by atoms with van der Waals surface area (Å²) in [6.07, 6.45) is -0.535. The Kier molecular flexibility index (Phi) is 7.23. The number of thiazole rings is 1. The fourth-order valence-electron chi connectivity index (χ4n) is 4.28. The second-order valence-corrected chi connectivity index (χ2v) is 11.1. The number of carbonyl (C=O) groups is 1. The first kappa shape index (κ1) is 25.6. The normalized spacial score (nSPS) is 20.5. The van der Waals surface area contributed by atoms with Gasteiger partial charge in [-0.3, -0.25) is 4.99 Å². The van der Waals surface area contributed by atoms with Crippen molar-refractivity contribution >= 4 is 44.8 Å². The molecule has 0 bridgehead atoms. The molecule has 0 amide bonds.